The van der Waals surface area contributed by atoms with E-state index in [-0.39, 0.29) is 55.1 Å². The second kappa shape index (κ2) is 26.7. The minimum Gasteiger partial charge on any atom is -1.00 e. The molecule has 19 heteroatoms. The van der Waals surface area contributed by atoms with Crippen LogP contribution in [0.2, 0.25) is 0 Å². The summed E-state index contributed by atoms with van der Waals surface area (Å²) in [5.74, 6) is 4.23. The fourth-order valence-corrected chi connectivity index (χ4v) is 9.74. The van der Waals surface area contributed by atoms with E-state index in [1.165, 1.54) is 5.56 Å². The molecule has 0 amide bonds. The molecule has 0 saturated heterocycles. The number of methoxy groups -OCH3 is 10. The molecule has 0 bridgehead atoms. The molecule has 0 aromatic heterocycles. The Morgan fingerprint density at radius 2 is 1.10 bits per heavy atom. The Balaban J connectivity index is 0.00000548. The zero-order chi connectivity index (χ0) is 49.8. The van der Waals surface area contributed by atoms with Crippen LogP contribution in [0, 0.1) is 0 Å². The van der Waals surface area contributed by atoms with Gasteiger partial charge in [0.2, 0.25) is 11.5 Å². The van der Waals surface area contributed by atoms with E-state index in [0.29, 0.717) is 101 Å². The van der Waals surface area contributed by atoms with Gasteiger partial charge < -0.3 is 73.7 Å². The van der Waals surface area contributed by atoms with Gasteiger partial charge >= 0.3 is 11.9 Å². The third-order valence-electron chi connectivity index (χ3n) is 13.1. The van der Waals surface area contributed by atoms with Crippen LogP contribution in [0.3, 0.4) is 0 Å². The first-order valence-corrected chi connectivity index (χ1v) is 23.1. The largest absolute Gasteiger partial charge is 1.00 e. The number of esters is 2. The van der Waals surface area contributed by atoms with Gasteiger partial charge in [-0.05, 0) is 89.2 Å². The van der Waals surface area contributed by atoms with E-state index in [9.17, 15) is 9.59 Å². The molecule has 0 unspecified atom stereocenters. The van der Waals surface area contributed by atoms with Crippen molar-refractivity contribution in [1.29, 1.82) is 0 Å². The summed E-state index contributed by atoms with van der Waals surface area (Å²) < 4.78 is 68.5. The first kappa shape index (κ1) is 57.9. The zero-order valence-electron chi connectivity index (χ0n) is 42.4. The Morgan fingerprint density at radius 3 is 1.62 bits per heavy atom. The van der Waals surface area contributed by atoms with Gasteiger partial charge in [-0.25, -0.2) is 9.59 Å². The van der Waals surface area contributed by atoms with Crippen molar-refractivity contribution in [2.75, 3.05) is 118 Å². The van der Waals surface area contributed by atoms with Gasteiger partial charge in [-0.3, -0.25) is 4.90 Å². The van der Waals surface area contributed by atoms with Crippen molar-refractivity contribution in [3.63, 3.8) is 0 Å². The van der Waals surface area contributed by atoms with E-state index < -0.39 is 11.9 Å². The van der Waals surface area contributed by atoms with Crippen molar-refractivity contribution < 1.29 is 83.3 Å². The van der Waals surface area contributed by atoms with Crippen molar-refractivity contribution in [1.82, 2.24) is 4.90 Å². The number of carbonyl (C=O) groups excluding carboxylic acids is 2. The van der Waals surface area contributed by atoms with Crippen LogP contribution in [-0.4, -0.2) is 139 Å². The van der Waals surface area contributed by atoms with Gasteiger partial charge in [0, 0.05) is 44.0 Å². The van der Waals surface area contributed by atoms with Crippen molar-refractivity contribution in [3.8, 4) is 57.5 Å². The van der Waals surface area contributed by atoms with Gasteiger partial charge in [-0.2, -0.15) is 0 Å². The molecule has 4 aromatic rings. The molecule has 6 rings (SSSR count). The van der Waals surface area contributed by atoms with Crippen LogP contribution < -0.4 is 59.8 Å². The predicted octanol–water partition coefficient (Wildman–Crippen LogP) is 5.12. The standard InChI is InChI=1S/C52H66ClN2O14.2ClH/c1-55(19-15-34-26-41(59-3)42(60-4)29-36(34)39(55)22-32-23-44(62-6)50(66-10)45(24-32)63-7)18-13-21-69-52(57)38(53)31-48(56)68-20-12-16-54-17-14-33-25-40(58-2)43(61-5)30-37(33)49(54)35-27-46(64-8)51(67-11)47(28-35)65-9;;/h23-31,39,49H,12-22H2,1-11H3;2*1H/q+1;;/p-1/b38-31-;;/t39-,49+,55-;;/m1../s1. The van der Waals surface area contributed by atoms with E-state index in [0.717, 1.165) is 53.3 Å². The highest BCUT2D eigenvalue weighted by Gasteiger charge is 2.40. The summed E-state index contributed by atoms with van der Waals surface area (Å²) in [6.07, 6.45) is 4.18. The van der Waals surface area contributed by atoms with E-state index in [4.69, 9.17) is 68.4 Å². The first-order valence-electron chi connectivity index (χ1n) is 22.7. The molecule has 4 aromatic carbocycles. The van der Waals surface area contributed by atoms with Gasteiger partial charge in [-0.1, -0.05) is 11.6 Å². The molecule has 0 spiro atoms. The maximum atomic E-state index is 13.1. The Kier molecular flexibility index (Phi) is 21.8. The minimum atomic E-state index is -0.807. The third-order valence-corrected chi connectivity index (χ3v) is 13.4. The summed E-state index contributed by atoms with van der Waals surface area (Å²) in [4.78, 5) is 28.3. The van der Waals surface area contributed by atoms with Gasteiger partial charge in [-0.15, -0.1) is 12.4 Å². The van der Waals surface area contributed by atoms with E-state index in [1.54, 1.807) is 71.1 Å². The predicted molar refractivity (Wildman–Crippen MR) is 267 cm³/mol. The Bertz CT molecular complexity index is 2440. The molecule has 0 saturated carbocycles. The Morgan fingerprint density at radius 1 is 0.620 bits per heavy atom. The van der Waals surface area contributed by atoms with Crippen LogP contribution in [0.15, 0.2) is 59.6 Å². The number of benzene rings is 4. The maximum Gasteiger partial charge on any atom is 0.350 e. The normalized spacial score (nSPS) is 17.2. The average molecular weight is 1050 g/mol. The number of rotatable bonds is 23. The van der Waals surface area contributed by atoms with E-state index in [2.05, 4.69) is 24.1 Å². The van der Waals surface area contributed by atoms with Crippen LogP contribution >= 0.6 is 24.0 Å². The summed E-state index contributed by atoms with van der Waals surface area (Å²) in [6.45, 7) is 2.94. The number of halogens is 3. The Labute approximate surface area is 434 Å². The van der Waals surface area contributed by atoms with Crippen LogP contribution in [-0.2, 0) is 38.3 Å². The molecule has 0 radical (unpaired) electrons. The number of ether oxygens (including phenoxy) is 12. The molecule has 16 nitrogen and oxygen atoms in total. The lowest BCUT2D eigenvalue weighted by Crippen LogP contribution is -3.00. The highest BCUT2D eigenvalue weighted by molar-refractivity contribution is 6.42. The van der Waals surface area contributed by atoms with Crippen molar-refractivity contribution in [2.24, 2.45) is 0 Å². The summed E-state index contributed by atoms with van der Waals surface area (Å²) in [5, 5.41) is -0.368. The lowest BCUT2D eigenvalue weighted by molar-refractivity contribution is -0.941. The quantitative estimate of drug-likeness (QED) is 0.0419. The highest BCUT2D eigenvalue weighted by atomic mass is 35.5. The number of quaternary nitrogens is 1. The van der Waals surface area contributed by atoms with Crippen LogP contribution in [0.4, 0.5) is 0 Å². The lowest BCUT2D eigenvalue weighted by atomic mass is 9.86. The number of nitrogens with zero attached hydrogens (tertiary/aromatic N) is 2. The van der Waals surface area contributed by atoms with Gasteiger partial charge in [0.15, 0.2) is 46.0 Å². The Hall–Kier alpha value is -5.65. The van der Waals surface area contributed by atoms with E-state index >= 15 is 0 Å². The minimum absolute atomic E-state index is 0. The van der Waals surface area contributed by atoms with Crippen molar-refractivity contribution in [2.45, 2.75) is 44.2 Å². The first-order chi connectivity index (χ1) is 33.3. The SMILES string of the molecule is COc1cc2c(cc1OC)[C@H](c1cc(OC)c(OC)c(OC)c1)N(CCCOC(=O)/C=C(\Cl)C(=O)OCCC[N@+]1(C)CCc3cc(OC)c(OC)cc3[C@H]1Cc1cc(OC)c(OC)c(OC)c1)CC2.Cl.[Cl-]. The monoisotopic (exact) mass is 1050 g/mol. The molecule has 2 heterocycles. The highest BCUT2D eigenvalue weighted by Crippen LogP contribution is 2.47. The molecule has 0 N–H and O–H groups in total. The lowest BCUT2D eigenvalue weighted by Gasteiger charge is -2.46. The number of hydrogen-bond donors (Lipinski definition) is 0. The molecule has 390 valence electrons. The van der Waals surface area contributed by atoms with Crippen molar-refractivity contribution in [3.05, 3.63) is 93.0 Å². The number of carbonyl (C=O) groups is 2. The number of fused-ring (bicyclic) bond motifs is 2. The fourth-order valence-electron chi connectivity index (χ4n) is 9.60. The van der Waals surface area contributed by atoms with E-state index in [1.807, 2.05) is 36.4 Å². The molecular formula is C52H67Cl3N2O14. The number of likely N-dealkylation sites (N-methyl/N-ethyl adjacent to an activating group) is 1. The summed E-state index contributed by atoms with van der Waals surface area (Å²) in [5.41, 5.74) is 6.38. The zero-order valence-corrected chi connectivity index (χ0v) is 44.7. The molecule has 2 aliphatic heterocycles. The average Bonchev–Trinajstić information content (AvgIpc) is 3.37. The molecule has 2 aliphatic rings. The fraction of sp³-hybridized carbons (Fsp3) is 0.462. The second-order valence-electron chi connectivity index (χ2n) is 16.9. The summed E-state index contributed by atoms with van der Waals surface area (Å²) >= 11 is 6.34. The van der Waals surface area contributed by atoms with Crippen LogP contribution in [0.1, 0.15) is 58.3 Å². The molecule has 71 heavy (non-hydrogen) atoms. The third kappa shape index (κ3) is 13.1. The summed E-state index contributed by atoms with van der Waals surface area (Å²) in [7, 11) is 18.2. The molecule has 0 aliphatic carbocycles. The molecule has 0 fully saturated rings. The van der Waals surface area contributed by atoms with Gasteiger partial charge in [0.25, 0.3) is 0 Å². The maximum absolute atomic E-state index is 13.1. The number of hydrogen-bond acceptors (Lipinski definition) is 15. The molecule has 3 atom stereocenters. The second-order valence-corrected chi connectivity index (χ2v) is 17.3. The molecular weight excluding hydrogens is 983 g/mol. The topological polar surface area (TPSA) is 148 Å². The van der Waals surface area contributed by atoms with Gasteiger partial charge in [0.1, 0.15) is 11.1 Å². The summed E-state index contributed by atoms with van der Waals surface area (Å²) in [6, 6.07) is 15.7. The smallest absolute Gasteiger partial charge is 0.350 e. The van der Waals surface area contributed by atoms with Crippen molar-refractivity contribution >= 4 is 35.9 Å². The van der Waals surface area contributed by atoms with Crippen LogP contribution in [0.5, 0.6) is 57.5 Å². The van der Waals surface area contributed by atoms with Crippen LogP contribution in [0.25, 0.3) is 0 Å². The van der Waals surface area contributed by atoms with Gasteiger partial charge in [0.05, 0.1) is 110 Å².